The molecule has 0 saturated heterocycles. The molecule has 0 aliphatic carbocycles. The zero-order valence-corrected chi connectivity index (χ0v) is 17.3. The van der Waals surface area contributed by atoms with E-state index in [2.05, 4.69) is 37.6 Å². The number of amides is 1. The quantitative estimate of drug-likeness (QED) is 0.374. The molecule has 3 rings (SSSR count). The van der Waals surface area contributed by atoms with Crippen molar-refractivity contribution < 1.29 is 9.53 Å². The standard InChI is InChI=1S/C23H26N2O2S/c1-4-6-7-15-27-19-12-9-11-18(16-19)22(26)24-23-25(14-5-2)21-17(3)10-8-13-20(21)28-23/h5,8-13,16H,2,4,6-7,14-15H2,1,3H3. The fourth-order valence-electron chi connectivity index (χ4n) is 3.10. The molecule has 4 nitrogen and oxygen atoms in total. The number of thiazole rings is 1. The Labute approximate surface area is 169 Å². The van der Waals surface area contributed by atoms with E-state index in [4.69, 9.17) is 4.74 Å². The van der Waals surface area contributed by atoms with Crippen LogP contribution in [-0.4, -0.2) is 17.1 Å². The summed E-state index contributed by atoms with van der Waals surface area (Å²) in [6.45, 7) is 9.35. The predicted molar refractivity (Wildman–Crippen MR) is 116 cm³/mol. The smallest absolute Gasteiger partial charge is 0.279 e. The molecule has 1 heterocycles. The van der Waals surface area contributed by atoms with Gasteiger partial charge in [-0.25, -0.2) is 0 Å². The molecule has 0 aliphatic rings. The van der Waals surface area contributed by atoms with Gasteiger partial charge in [-0.2, -0.15) is 4.99 Å². The van der Waals surface area contributed by atoms with Gasteiger partial charge in [0.05, 0.1) is 16.8 Å². The number of carbonyl (C=O) groups is 1. The summed E-state index contributed by atoms with van der Waals surface area (Å²) in [4.78, 5) is 17.9. The normalized spacial score (nSPS) is 11.7. The van der Waals surface area contributed by atoms with Crippen LogP contribution in [0.15, 0.2) is 60.1 Å². The van der Waals surface area contributed by atoms with Crippen molar-refractivity contribution in [2.24, 2.45) is 4.99 Å². The Bertz CT molecular complexity index is 1050. The second-order valence-electron chi connectivity index (χ2n) is 6.71. The maximum absolute atomic E-state index is 12.8. The summed E-state index contributed by atoms with van der Waals surface area (Å²) >= 11 is 1.52. The van der Waals surface area contributed by atoms with Crippen LogP contribution in [0.2, 0.25) is 0 Å². The van der Waals surface area contributed by atoms with E-state index in [-0.39, 0.29) is 5.91 Å². The molecule has 0 aliphatic heterocycles. The molecule has 3 aromatic rings. The fraction of sp³-hybridized carbons (Fsp3) is 0.304. The summed E-state index contributed by atoms with van der Waals surface area (Å²) in [5.74, 6) is 0.448. The SMILES string of the molecule is C=CCn1c(=NC(=O)c2cccc(OCCCCC)c2)sc2cccc(C)c21. The van der Waals surface area contributed by atoms with Crippen LogP contribution in [0.25, 0.3) is 10.2 Å². The molecule has 0 unspecified atom stereocenters. The summed E-state index contributed by atoms with van der Waals surface area (Å²) < 4.78 is 8.92. The first kappa shape index (κ1) is 20.1. The second kappa shape index (κ2) is 9.51. The lowest BCUT2D eigenvalue weighted by atomic mass is 10.2. The average molecular weight is 395 g/mol. The van der Waals surface area contributed by atoms with Crippen molar-refractivity contribution in [3.05, 3.63) is 71.0 Å². The molecule has 0 radical (unpaired) electrons. The first-order chi connectivity index (χ1) is 13.6. The van der Waals surface area contributed by atoms with E-state index in [0.29, 0.717) is 29.3 Å². The number of aryl methyl sites for hydroxylation is 1. The van der Waals surface area contributed by atoms with Crippen LogP contribution in [0, 0.1) is 6.92 Å². The molecule has 0 N–H and O–H groups in total. The van der Waals surface area contributed by atoms with Crippen molar-refractivity contribution in [3.8, 4) is 5.75 Å². The van der Waals surface area contributed by atoms with Gasteiger partial charge in [0.1, 0.15) is 5.75 Å². The molecule has 0 bridgehead atoms. The highest BCUT2D eigenvalue weighted by Crippen LogP contribution is 2.21. The minimum absolute atomic E-state index is 0.263. The number of hydrogen-bond acceptors (Lipinski definition) is 3. The highest BCUT2D eigenvalue weighted by atomic mass is 32.1. The summed E-state index contributed by atoms with van der Waals surface area (Å²) in [6, 6.07) is 13.4. The van der Waals surface area contributed by atoms with Crippen LogP contribution in [0.4, 0.5) is 0 Å². The van der Waals surface area contributed by atoms with Gasteiger partial charge < -0.3 is 9.30 Å². The van der Waals surface area contributed by atoms with Gasteiger partial charge in [0, 0.05) is 12.1 Å². The third kappa shape index (κ3) is 4.60. The summed E-state index contributed by atoms with van der Waals surface area (Å²) in [6.07, 6.45) is 5.14. The van der Waals surface area contributed by atoms with Crippen molar-refractivity contribution >= 4 is 27.5 Å². The van der Waals surface area contributed by atoms with Crippen molar-refractivity contribution in [3.63, 3.8) is 0 Å². The van der Waals surface area contributed by atoms with Crippen molar-refractivity contribution in [1.29, 1.82) is 0 Å². The molecule has 0 atom stereocenters. The second-order valence-corrected chi connectivity index (χ2v) is 7.72. The fourth-order valence-corrected chi connectivity index (χ4v) is 4.22. The van der Waals surface area contributed by atoms with E-state index in [0.717, 1.165) is 35.0 Å². The van der Waals surface area contributed by atoms with Crippen LogP contribution >= 0.6 is 11.3 Å². The Morgan fingerprint density at radius 3 is 2.86 bits per heavy atom. The zero-order chi connectivity index (χ0) is 19.9. The number of nitrogens with zero attached hydrogens (tertiary/aromatic N) is 2. The Balaban J connectivity index is 1.91. The number of fused-ring (bicyclic) bond motifs is 1. The minimum Gasteiger partial charge on any atom is -0.494 e. The van der Waals surface area contributed by atoms with Gasteiger partial charge >= 0.3 is 0 Å². The molecule has 0 fully saturated rings. The Morgan fingerprint density at radius 1 is 1.25 bits per heavy atom. The zero-order valence-electron chi connectivity index (χ0n) is 16.5. The molecule has 1 aromatic heterocycles. The lowest BCUT2D eigenvalue weighted by molar-refractivity contribution is 0.0997. The molecule has 5 heteroatoms. The van der Waals surface area contributed by atoms with Gasteiger partial charge in [0.25, 0.3) is 5.91 Å². The molecular weight excluding hydrogens is 368 g/mol. The number of rotatable bonds is 8. The Morgan fingerprint density at radius 2 is 2.07 bits per heavy atom. The molecule has 2 aromatic carbocycles. The topological polar surface area (TPSA) is 43.6 Å². The van der Waals surface area contributed by atoms with Gasteiger partial charge in [-0.05, 0) is 43.2 Å². The van der Waals surface area contributed by atoms with E-state index in [9.17, 15) is 4.79 Å². The molecule has 0 spiro atoms. The lowest BCUT2D eigenvalue weighted by Crippen LogP contribution is -2.16. The van der Waals surface area contributed by atoms with Crippen LogP contribution in [0.5, 0.6) is 5.75 Å². The van der Waals surface area contributed by atoms with E-state index >= 15 is 0 Å². The summed E-state index contributed by atoms with van der Waals surface area (Å²) in [7, 11) is 0. The number of para-hydroxylation sites is 1. The predicted octanol–water partition coefficient (Wildman–Crippen LogP) is 5.51. The van der Waals surface area contributed by atoms with Crippen LogP contribution in [0.1, 0.15) is 42.1 Å². The molecule has 28 heavy (non-hydrogen) atoms. The number of ether oxygens (including phenoxy) is 1. The van der Waals surface area contributed by atoms with Gasteiger partial charge in [-0.3, -0.25) is 4.79 Å². The average Bonchev–Trinajstić information content (AvgIpc) is 3.04. The van der Waals surface area contributed by atoms with Gasteiger partial charge in [0.15, 0.2) is 4.80 Å². The molecule has 1 amide bonds. The number of carbonyl (C=O) groups excluding carboxylic acids is 1. The first-order valence-corrected chi connectivity index (χ1v) is 10.5. The van der Waals surface area contributed by atoms with Crippen LogP contribution in [-0.2, 0) is 6.54 Å². The third-order valence-corrected chi connectivity index (χ3v) is 5.55. The first-order valence-electron chi connectivity index (χ1n) is 9.65. The monoisotopic (exact) mass is 394 g/mol. The summed E-state index contributed by atoms with van der Waals surface area (Å²) in [5.41, 5.74) is 2.80. The molecular formula is C23H26N2O2S. The summed E-state index contributed by atoms with van der Waals surface area (Å²) in [5, 5.41) is 0. The highest BCUT2D eigenvalue weighted by Gasteiger charge is 2.11. The van der Waals surface area contributed by atoms with E-state index < -0.39 is 0 Å². The van der Waals surface area contributed by atoms with Gasteiger partial charge in [0.2, 0.25) is 0 Å². The number of unbranched alkanes of at least 4 members (excludes halogenated alkanes) is 2. The largest absolute Gasteiger partial charge is 0.494 e. The molecule has 146 valence electrons. The lowest BCUT2D eigenvalue weighted by Gasteiger charge is -2.06. The number of aromatic nitrogens is 1. The maximum atomic E-state index is 12.8. The highest BCUT2D eigenvalue weighted by molar-refractivity contribution is 7.16. The molecule has 0 saturated carbocycles. The van der Waals surface area contributed by atoms with Gasteiger partial charge in [-0.1, -0.05) is 55.4 Å². The van der Waals surface area contributed by atoms with E-state index in [1.807, 2.05) is 28.8 Å². The minimum atomic E-state index is -0.263. The van der Waals surface area contributed by atoms with Crippen molar-refractivity contribution in [2.75, 3.05) is 6.61 Å². The maximum Gasteiger partial charge on any atom is 0.279 e. The number of benzene rings is 2. The van der Waals surface area contributed by atoms with E-state index in [1.165, 1.54) is 11.3 Å². The van der Waals surface area contributed by atoms with Gasteiger partial charge in [-0.15, -0.1) is 6.58 Å². The third-order valence-electron chi connectivity index (χ3n) is 4.51. The van der Waals surface area contributed by atoms with Crippen molar-refractivity contribution in [2.45, 2.75) is 39.7 Å². The van der Waals surface area contributed by atoms with Crippen molar-refractivity contribution in [1.82, 2.24) is 4.57 Å². The van der Waals surface area contributed by atoms with Crippen LogP contribution in [0.3, 0.4) is 0 Å². The van der Waals surface area contributed by atoms with Crippen LogP contribution < -0.4 is 9.54 Å². The Kier molecular flexibility index (Phi) is 6.82. The van der Waals surface area contributed by atoms with E-state index in [1.54, 1.807) is 12.1 Å². The number of hydrogen-bond donors (Lipinski definition) is 0. The Hall–Kier alpha value is -2.66. The number of allylic oxidation sites excluding steroid dienone is 1.